The van der Waals surface area contributed by atoms with Gasteiger partial charge < -0.3 is 0 Å². The highest BCUT2D eigenvalue weighted by molar-refractivity contribution is 5.42. The lowest BCUT2D eigenvalue weighted by molar-refractivity contribution is -0.397. The van der Waals surface area contributed by atoms with Crippen molar-refractivity contribution in [3.63, 3.8) is 0 Å². The fourth-order valence-corrected chi connectivity index (χ4v) is 1.45. The molecule has 19 heavy (non-hydrogen) atoms. The Morgan fingerprint density at radius 1 is 1.05 bits per heavy atom. The summed E-state index contributed by atoms with van der Waals surface area (Å²) >= 11 is 0. The molecule has 96 valence electrons. The van der Waals surface area contributed by atoms with E-state index in [0.717, 1.165) is 17.0 Å². The normalized spacial score (nSPS) is 10.1. The molecule has 2 aromatic heterocycles. The standard InChI is InChI=1S/C10H6N4O5/c15-10-7(13(16)17)5-12(6-8(10)14(18)19)9-3-1-2-4-11-9/h1-6H. The van der Waals surface area contributed by atoms with Gasteiger partial charge in [0, 0.05) is 6.20 Å². The van der Waals surface area contributed by atoms with E-state index in [2.05, 4.69) is 4.98 Å². The molecule has 0 saturated carbocycles. The van der Waals surface area contributed by atoms with E-state index in [9.17, 15) is 25.0 Å². The van der Waals surface area contributed by atoms with Crippen LogP contribution in [0.4, 0.5) is 11.4 Å². The summed E-state index contributed by atoms with van der Waals surface area (Å²) in [6.45, 7) is 0. The number of aromatic nitrogens is 2. The highest BCUT2D eigenvalue weighted by atomic mass is 16.6. The van der Waals surface area contributed by atoms with Crippen LogP contribution in [-0.4, -0.2) is 19.4 Å². The van der Waals surface area contributed by atoms with Gasteiger partial charge in [-0.05, 0) is 12.1 Å². The van der Waals surface area contributed by atoms with Gasteiger partial charge in [-0.2, -0.15) is 0 Å². The molecule has 0 saturated heterocycles. The lowest BCUT2D eigenvalue weighted by Gasteiger charge is -2.04. The van der Waals surface area contributed by atoms with E-state index in [1.54, 1.807) is 12.1 Å². The number of rotatable bonds is 3. The maximum Gasteiger partial charge on any atom is 0.340 e. The van der Waals surface area contributed by atoms with Gasteiger partial charge in [0.05, 0.1) is 22.2 Å². The van der Waals surface area contributed by atoms with Crippen molar-refractivity contribution in [2.45, 2.75) is 0 Å². The van der Waals surface area contributed by atoms with Crippen molar-refractivity contribution < 1.29 is 9.85 Å². The first kappa shape index (κ1) is 12.4. The first-order valence-corrected chi connectivity index (χ1v) is 4.97. The van der Waals surface area contributed by atoms with E-state index in [-0.39, 0.29) is 5.82 Å². The lowest BCUT2D eigenvalue weighted by atomic mass is 10.3. The van der Waals surface area contributed by atoms with Gasteiger partial charge in [0.25, 0.3) is 0 Å². The Morgan fingerprint density at radius 2 is 1.63 bits per heavy atom. The summed E-state index contributed by atoms with van der Waals surface area (Å²) in [6, 6.07) is 4.73. The first-order chi connectivity index (χ1) is 9.00. The first-order valence-electron chi connectivity index (χ1n) is 4.97. The molecule has 2 rings (SSSR count). The second-order valence-corrected chi connectivity index (χ2v) is 3.47. The van der Waals surface area contributed by atoms with Crippen LogP contribution >= 0.6 is 0 Å². The molecule has 0 spiro atoms. The summed E-state index contributed by atoms with van der Waals surface area (Å²) in [7, 11) is 0. The molecule has 0 unspecified atom stereocenters. The molecule has 0 aromatic carbocycles. The van der Waals surface area contributed by atoms with E-state index in [1.807, 2.05) is 0 Å². The average Bonchev–Trinajstić information content (AvgIpc) is 2.39. The molecule has 0 aliphatic heterocycles. The maximum absolute atomic E-state index is 11.5. The second kappa shape index (κ2) is 4.64. The second-order valence-electron chi connectivity index (χ2n) is 3.47. The molecule has 0 amide bonds. The monoisotopic (exact) mass is 262 g/mol. The summed E-state index contributed by atoms with van der Waals surface area (Å²) in [5.41, 5.74) is -2.98. The fraction of sp³-hybridized carbons (Fsp3) is 0. The van der Waals surface area contributed by atoms with E-state index in [4.69, 9.17) is 0 Å². The number of hydrogen-bond acceptors (Lipinski definition) is 6. The molecule has 9 nitrogen and oxygen atoms in total. The van der Waals surface area contributed by atoms with Crippen LogP contribution in [0.15, 0.2) is 41.6 Å². The van der Waals surface area contributed by atoms with Gasteiger partial charge in [-0.1, -0.05) is 6.07 Å². The number of nitrogens with zero attached hydrogens (tertiary/aromatic N) is 4. The van der Waals surface area contributed by atoms with Crippen LogP contribution in [0.25, 0.3) is 5.82 Å². The molecule has 9 heteroatoms. The molecule has 0 N–H and O–H groups in total. The van der Waals surface area contributed by atoms with E-state index >= 15 is 0 Å². The van der Waals surface area contributed by atoms with Crippen LogP contribution in [0.2, 0.25) is 0 Å². The third-order valence-corrected chi connectivity index (χ3v) is 2.30. The molecule has 0 fully saturated rings. The topological polar surface area (TPSA) is 121 Å². The van der Waals surface area contributed by atoms with Crippen LogP contribution in [0.1, 0.15) is 0 Å². The van der Waals surface area contributed by atoms with E-state index < -0.39 is 26.7 Å². The smallest absolute Gasteiger partial charge is 0.295 e. The Balaban J connectivity index is 2.74. The SMILES string of the molecule is O=c1c([N+](=O)[O-])cn(-c2ccccn2)cc1[N+](=O)[O-]. The van der Waals surface area contributed by atoms with Gasteiger partial charge in [0.1, 0.15) is 5.82 Å². The van der Waals surface area contributed by atoms with Gasteiger partial charge in [-0.3, -0.25) is 29.6 Å². The van der Waals surface area contributed by atoms with Crippen LogP contribution in [0, 0.1) is 20.2 Å². The third-order valence-electron chi connectivity index (χ3n) is 2.30. The molecule has 2 heterocycles. The highest BCUT2D eigenvalue weighted by Gasteiger charge is 2.24. The van der Waals surface area contributed by atoms with Crippen LogP contribution < -0.4 is 5.43 Å². The summed E-state index contributed by atoms with van der Waals surface area (Å²) in [5.74, 6) is 0.230. The largest absolute Gasteiger partial charge is 0.340 e. The van der Waals surface area contributed by atoms with Crippen LogP contribution in [0.5, 0.6) is 0 Å². The predicted octanol–water partition coefficient (Wildman–Crippen LogP) is 1.05. The van der Waals surface area contributed by atoms with Gasteiger partial charge in [-0.25, -0.2) is 4.98 Å². The van der Waals surface area contributed by atoms with E-state index in [1.165, 1.54) is 12.3 Å². The summed E-state index contributed by atoms with van der Waals surface area (Å²) < 4.78 is 1.07. The van der Waals surface area contributed by atoms with Crippen molar-refractivity contribution in [1.82, 2.24) is 9.55 Å². The zero-order chi connectivity index (χ0) is 14.0. The summed E-state index contributed by atoms with van der Waals surface area (Å²) in [4.78, 5) is 34.9. The van der Waals surface area contributed by atoms with Crippen molar-refractivity contribution in [3.05, 3.63) is 67.2 Å². The molecule has 0 atom stereocenters. The highest BCUT2D eigenvalue weighted by Crippen LogP contribution is 2.14. The fourth-order valence-electron chi connectivity index (χ4n) is 1.45. The molecular formula is C10H6N4O5. The molecule has 0 bridgehead atoms. The van der Waals surface area contributed by atoms with Crippen LogP contribution in [-0.2, 0) is 0 Å². The minimum Gasteiger partial charge on any atom is -0.295 e. The zero-order valence-electron chi connectivity index (χ0n) is 9.29. The van der Waals surface area contributed by atoms with Gasteiger partial charge in [0.15, 0.2) is 0 Å². The zero-order valence-corrected chi connectivity index (χ0v) is 9.29. The van der Waals surface area contributed by atoms with E-state index in [0.29, 0.717) is 0 Å². The Morgan fingerprint density at radius 3 is 2.05 bits per heavy atom. The number of pyridine rings is 2. The Labute approximate surface area is 105 Å². The molecule has 0 aliphatic rings. The minimum absolute atomic E-state index is 0.230. The summed E-state index contributed by atoms with van der Waals surface area (Å²) in [6.07, 6.45) is 3.22. The van der Waals surface area contributed by atoms with Crippen molar-refractivity contribution in [2.75, 3.05) is 0 Å². The predicted molar refractivity (Wildman–Crippen MR) is 63.1 cm³/mol. The Kier molecular flexibility index (Phi) is 3.02. The molecule has 0 radical (unpaired) electrons. The van der Waals surface area contributed by atoms with Crippen molar-refractivity contribution >= 4 is 11.4 Å². The number of nitro groups is 2. The average molecular weight is 262 g/mol. The third kappa shape index (κ3) is 2.29. The molecule has 0 aliphatic carbocycles. The van der Waals surface area contributed by atoms with Crippen LogP contribution in [0.3, 0.4) is 0 Å². The minimum atomic E-state index is -1.23. The maximum atomic E-state index is 11.5. The summed E-state index contributed by atoms with van der Waals surface area (Å²) in [5, 5.41) is 21.5. The quantitative estimate of drug-likeness (QED) is 0.601. The lowest BCUT2D eigenvalue weighted by Crippen LogP contribution is -2.15. The molecule has 2 aromatic rings. The van der Waals surface area contributed by atoms with Gasteiger partial charge in [0.2, 0.25) is 0 Å². The van der Waals surface area contributed by atoms with Gasteiger partial charge >= 0.3 is 16.8 Å². The number of hydrogen-bond donors (Lipinski definition) is 0. The van der Waals surface area contributed by atoms with Crippen molar-refractivity contribution in [1.29, 1.82) is 0 Å². The Hall–Kier alpha value is -3.10. The van der Waals surface area contributed by atoms with Gasteiger partial charge in [-0.15, -0.1) is 0 Å². The Bertz CT molecular complexity index is 671. The van der Waals surface area contributed by atoms with Crippen molar-refractivity contribution in [2.24, 2.45) is 0 Å². The van der Waals surface area contributed by atoms with Crippen molar-refractivity contribution in [3.8, 4) is 5.82 Å². The molecular weight excluding hydrogens is 256 g/mol.